The Morgan fingerprint density at radius 2 is 1.42 bits per heavy atom. The maximum Gasteiger partial charge on any atom is 0.229 e. The van der Waals surface area contributed by atoms with Crippen LogP contribution in [0.25, 0.3) is 0 Å². The Morgan fingerprint density at radius 3 is 2.00 bits per heavy atom. The summed E-state index contributed by atoms with van der Waals surface area (Å²) < 4.78 is 12.1. The van der Waals surface area contributed by atoms with Gasteiger partial charge in [-0.2, -0.15) is 0 Å². The van der Waals surface area contributed by atoms with Gasteiger partial charge < -0.3 is 4.89 Å². The van der Waals surface area contributed by atoms with Gasteiger partial charge in [0, 0.05) is 11.5 Å². The van der Waals surface area contributed by atoms with Crippen molar-refractivity contribution in [1.29, 1.82) is 0 Å². The SMILES string of the molecule is CCCCCCCCCCP(=O)(O)c1ccccc1. The van der Waals surface area contributed by atoms with Crippen LogP contribution in [-0.2, 0) is 4.57 Å². The van der Waals surface area contributed by atoms with Crippen molar-refractivity contribution >= 4 is 12.7 Å². The van der Waals surface area contributed by atoms with Crippen LogP contribution in [0.5, 0.6) is 0 Å². The molecule has 0 heterocycles. The average Bonchev–Trinajstić information content (AvgIpc) is 2.43. The van der Waals surface area contributed by atoms with E-state index in [1.807, 2.05) is 18.2 Å². The highest BCUT2D eigenvalue weighted by molar-refractivity contribution is 7.66. The number of benzene rings is 1. The predicted octanol–water partition coefficient (Wildman–Crippen LogP) is 4.72. The molecule has 0 aliphatic carbocycles. The number of unbranched alkanes of at least 4 members (excludes halogenated alkanes) is 7. The van der Waals surface area contributed by atoms with E-state index < -0.39 is 7.37 Å². The molecule has 0 radical (unpaired) electrons. The second-order valence-electron chi connectivity index (χ2n) is 5.24. The van der Waals surface area contributed by atoms with Crippen LogP contribution in [-0.4, -0.2) is 11.1 Å². The van der Waals surface area contributed by atoms with E-state index in [0.29, 0.717) is 11.5 Å². The molecule has 2 nitrogen and oxygen atoms in total. The van der Waals surface area contributed by atoms with Gasteiger partial charge in [-0.05, 0) is 18.6 Å². The van der Waals surface area contributed by atoms with Crippen molar-refractivity contribution in [2.75, 3.05) is 6.16 Å². The second-order valence-corrected chi connectivity index (χ2v) is 7.60. The molecule has 108 valence electrons. The lowest BCUT2D eigenvalue weighted by molar-refractivity contribution is 0.485. The van der Waals surface area contributed by atoms with E-state index in [1.54, 1.807) is 12.1 Å². The molecule has 0 aliphatic heterocycles. The van der Waals surface area contributed by atoms with Crippen LogP contribution < -0.4 is 5.30 Å². The molecule has 0 saturated heterocycles. The van der Waals surface area contributed by atoms with Crippen molar-refractivity contribution in [1.82, 2.24) is 0 Å². The van der Waals surface area contributed by atoms with Crippen molar-refractivity contribution in [3.8, 4) is 0 Å². The van der Waals surface area contributed by atoms with E-state index in [0.717, 1.165) is 12.8 Å². The minimum atomic E-state index is -3.11. The zero-order chi connectivity index (χ0) is 14.0. The highest BCUT2D eigenvalue weighted by Crippen LogP contribution is 2.40. The summed E-state index contributed by atoms with van der Waals surface area (Å²) in [7, 11) is -3.11. The van der Waals surface area contributed by atoms with Crippen LogP contribution in [0.15, 0.2) is 30.3 Å². The van der Waals surface area contributed by atoms with Gasteiger partial charge in [0.2, 0.25) is 7.37 Å². The number of hydrogen-bond acceptors (Lipinski definition) is 1. The van der Waals surface area contributed by atoms with E-state index in [1.165, 1.54) is 38.5 Å². The van der Waals surface area contributed by atoms with Gasteiger partial charge in [0.25, 0.3) is 0 Å². The summed E-state index contributed by atoms with van der Waals surface area (Å²) in [6, 6.07) is 9.04. The van der Waals surface area contributed by atoms with Gasteiger partial charge in [-0.3, -0.25) is 4.57 Å². The fourth-order valence-corrected chi connectivity index (χ4v) is 3.80. The van der Waals surface area contributed by atoms with E-state index >= 15 is 0 Å². The zero-order valence-corrected chi connectivity index (χ0v) is 12.9. The van der Waals surface area contributed by atoms with E-state index in [2.05, 4.69) is 6.92 Å². The molecular formula is C16H27O2P. The van der Waals surface area contributed by atoms with Crippen LogP contribution in [0.2, 0.25) is 0 Å². The Bertz CT molecular complexity index is 376. The summed E-state index contributed by atoms with van der Waals surface area (Å²) in [5, 5.41) is 0.595. The Morgan fingerprint density at radius 1 is 0.895 bits per heavy atom. The van der Waals surface area contributed by atoms with Gasteiger partial charge in [0.05, 0.1) is 0 Å². The Labute approximate surface area is 117 Å². The van der Waals surface area contributed by atoms with E-state index in [-0.39, 0.29) is 0 Å². The lowest BCUT2D eigenvalue weighted by Gasteiger charge is -2.11. The monoisotopic (exact) mass is 282 g/mol. The first-order valence-electron chi connectivity index (χ1n) is 7.54. The first-order valence-corrected chi connectivity index (χ1v) is 9.39. The summed E-state index contributed by atoms with van der Waals surface area (Å²) >= 11 is 0. The van der Waals surface area contributed by atoms with Gasteiger partial charge in [-0.15, -0.1) is 0 Å². The van der Waals surface area contributed by atoms with E-state index in [4.69, 9.17) is 0 Å². The van der Waals surface area contributed by atoms with Crippen molar-refractivity contribution < 1.29 is 9.46 Å². The van der Waals surface area contributed by atoms with Crippen LogP contribution in [0, 0.1) is 0 Å². The largest absolute Gasteiger partial charge is 0.341 e. The highest BCUT2D eigenvalue weighted by Gasteiger charge is 2.19. The normalized spacial score (nSPS) is 14.2. The average molecular weight is 282 g/mol. The first-order chi connectivity index (χ1) is 9.17. The maximum atomic E-state index is 12.1. The molecule has 0 fully saturated rings. The summed E-state index contributed by atoms with van der Waals surface area (Å²) in [6.07, 6.45) is 10.1. The first kappa shape index (κ1) is 16.5. The van der Waals surface area contributed by atoms with Crippen LogP contribution in [0.3, 0.4) is 0 Å². The molecule has 0 bridgehead atoms. The summed E-state index contributed by atoms with van der Waals surface area (Å²) in [4.78, 5) is 10.0. The molecule has 0 amide bonds. The fraction of sp³-hybridized carbons (Fsp3) is 0.625. The molecule has 1 atom stereocenters. The molecule has 1 unspecified atom stereocenters. The summed E-state index contributed by atoms with van der Waals surface area (Å²) in [5.41, 5.74) is 0. The quantitative estimate of drug-likeness (QED) is 0.498. The minimum Gasteiger partial charge on any atom is -0.341 e. The second kappa shape index (κ2) is 9.34. The van der Waals surface area contributed by atoms with Crippen molar-refractivity contribution in [2.45, 2.75) is 58.3 Å². The van der Waals surface area contributed by atoms with Gasteiger partial charge in [-0.25, -0.2) is 0 Å². The van der Waals surface area contributed by atoms with Gasteiger partial charge in [0.15, 0.2) is 0 Å². The maximum absolute atomic E-state index is 12.1. The van der Waals surface area contributed by atoms with Crippen molar-refractivity contribution in [3.05, 3.63) is 30.3 Å². The molecular weight excluding hydrogens is 255 g/mol. The van der Waals surface area contributed by atoms with Crippen LogP contribution in [0.4, 0.5) is 0 Å². The third-order valence-corrected chi connectivity index (χ3v) is 5.50. The third-order valence-electron chi connectivity index (χ3n) is 3.47. The fourth-order valence-electron chi connectivity index (χ4n) is 2.25. The number of rotatable bonds is 10. The summed E-state index contributed by atoms with van der Waals surface area (Å²) in [5.74, 6) is 0. The summed E-state index contributed by atoms with van der Waals surface area (Å²) in [6.45, 7) is 2.22. The van der Waals surface area contributed by atoms with Crippen LogP contribution >= 0.6 is 7.37 Å². The van der Waals surface area contributed by atoms with Crippen molar-refractivity contribution in [3.63, 3.8) is 0 Å². The van der Waals surface area contributed by atoms with E-state index in [9.17, 15) is 9.46 Å². The molecule has 1 N–H and O–H groups in total. The predicted molar refractivity (Wildman–Crippen MR) is 83.4 cm³/mol. The van der Waals surface area contributed by atoms with Crippen LogP contribution in [0.1, 0.15) is 58.3 Å². The standard InChI is InChI=1S/C16H27O2P/c1-2-3-4-5-6-7-8-12-15-19(17,18)16-13-10-9-11-14-16/h9-11,13-14H,2-8,12,15H2,1H3,(H,17,18). The molecule has 0 saturated carbocycles. The highest BCUT2D eigenvalue weighted by atomic mass is 31.2. The van der Waals surface area contributed by atoms with Gasteiger partial charge >= 0.3 is 0 Å². The zero-order valence-electron chi connectivity index (χ0n) is 12.1. The molecule has 1 rings (SSSR count). The molecule has 1 aromatic carbocycles. The van der Waals surface area contributed by atoms with Crippen molar-refractivity contribution in [2.24, 2.45) is 0 Å². The van der Waals surface area contributed by atoms with Gasteiger partial charge in [0.1, 0.15) is 0 Å². The third kappa shape index (κ3) is 6.94. The molecule has 1 aromatic rings. The lowest BCUT2D eigenvalue weighted by Crippen LogP contribution is -2.06. The molecule has 3 heteroatoms. The topological polar surface area (TPSA) is 37.3 Å². The Hall–Kier alpha value is -0.590. The van der Waals surface area contributed by atoms with Gasteiger partial charge in [-0.1, -0.05) is 70.1 Å². The Balaban J connectivity index is 2.13. The smallest absolute Gasteiger partial charge is 0.229 e. The number of hydrogen-bond donors (Lipinski definition) is 1. The Kier molecular flexibility index (Phi) is 8.09. The molecule has 0 aliphatic rings. The lowest BCUT2D eigenvalue weighted by atomic mass is 10.1. The minimum absolute atomic E-state index is 0.423. The molecule has 0 aromatic heterocycles. The molecule has 19 heavy (non-hydrogen) atoms. The molecule has 0 spiro atoms.